The number of nitrogens with two attached hydrogens (primary N) is 1. The highest BCUT2D eigenvalue weighted by atomic mass is 32.2. The molecule has 1 heterocycles. The maximum absolute atomic E-state index is 13.4. The number of nitrogens with zero attached hydrogens (tertiary/aromatic N) is 1. The van der Waals surface area contributed by atoms with Crippen LogP contribution in [0, 0.1) is 5.92 Å². The van der Waals surface area contributed by atoms with Crippen LogP contribution >= 0.6 is 11.8 Å². The lowest BCUT2D eigenvalue weighted by Crippen LogP contribution is -2.54. The van der Waals surface area contributed by atoms with Gasteiger partial charge in [0.15, 0.2) is 7.85 Å². The van der Waals surface area contributed by atoms with E-state index in [9.17, 15) is 33.6 Å². The second kappa shape index (κ2) is 21.9. The number of rotatable bonds is 23. The minimum absolute atomic E-state index is 0.0751. The number of carbonyl (C=O) groups is 7. The van der Waals surface area contributed by atoms with E-state index in [0.29, 0.717) is 48.9 Å². The molecule has 1 aromatic rings. The molecule has 6 N–H and O–H groups in total. The Hall–Kier alpha value is -4.08. The quantitative estimate of drug-likeness (QED) is 0.0636. The molecule has 0 aromatic heterocycles. The number of carbonyl (C=O) groups excluding carboxylic acids is 7. The van der Waals surface area contributed by atoms with Gasteiger partial charge in [0.05, 0.1) is 5.25 Å². The highest BCUT2D eigenvalue weighted by Crippen LogP contribution is 2.31. The Morgan fingerprint density at radius 3 is 2.26 bits per heavy atom. The second-order valence-electron chi connectivity index (χ2n) is 12.7. The van der Waals surface area contributed by atoms with Crippen LogP contribution < -0.4 is 31.7 Å². The third kappa shape index (κ3) is 14.8. The summed E-state index contributed by atoms with van der Waals surface area (Å²) in [4.78, 5) is 88.4. The van der Waals surface area contributed by atoms with Crippen LogP contribution in [0.5, 0.6) is 5.75 Å². The van der Waals surface area contributed by atoms with Gasteiger partial charge in [0.25, 0.3) is 0 Å². The molecule has 2 rings (SSSR count). The number of likely N-dealkylation sites (tertiary alicyclic amines) is 1. The Balaban J connectivity index is 1.91. The number of nitrogens with one attached hydrogen (secondary N) is 4. The van der Waals surface area contributed by atoms with Crippen LogP contribution in [0.15, 0.2) is 24.3 Å². The molecule has 0 saturated carbocycles. The number of amides is 7. The summed E-state index contributed by atoms with van der Waals surface area (Å²) >= 11 is 1.59. The van der Waals surface area contributed by atoms with Gasteiger partial charge in [0, 0.05) is 36.9 Å². The van der Waals surface area contributed by atoms with Gasteiger partial charge in [-0.05, 0) is 68.7 Å². The van der Waals surface area contributed by atoms with Crippen LogP contribution in [0.1, 0.15) is 85.5 Å². The molecule has 50 heavy (non-hydrogen) atoms. The van der Waals surface area contributed by atoms with E-state index in [2.05, 4.69) is 35.1 Å². The molecule has 0 spiro atoms. The number of primary amides is 1. The normalized spacial score (nSPS) is 15.5. The van der Waals surface area contributed by atoms with Crippen LogP contribution in [0.3, 0.4) is 0 Å². The van der Waals surface area contributed by atoms with Gasteiger partial charge >= 0.3 is 6.03 Å². The third-order valence-corrected chi connectivity index (χ3v) is 9.94. The highest BCUT2D eigenvalue weighted by molar-refractivity contribution is 8.01. The monoisotopic (exact) mass is 716 g/mol. The topological polar surface area (TPSA) is 206 Å². The summed E-state index contributed by atoms with van der Waals surface area (Å²) in [6.07, 6.45) is 4.51. The summed E-state index contributed by atoms with van der Waals surface area (Å²) in [5.74, 6) is -1.47. The first-order valence-electron chi connectivity index (χ1n) is 17.4. The van der Waals surface area contributed by atoms with Crippen molar-refractivity contribution in [1.29, 1.82) is 0 Å². The molecule has 14 nitrogen and oxygen atoms in total. The zero-order valence-corrected chi connectivity index (χ0v) is 30.7. The fourth-order valence-electron chi connectivity index (χ4n) is 5.32. The van der Waals surface area contributed by atoms with Gasteiger partial charge in [-0.2, -0.15) is 0 Å². The first kappa shape index (κ1) is 42.1. The zero-order valence-electron chi connectivity index (χ0n) is 29.9. The summed E-state index contributed by atoms with van der Waals surface area (Å²) in [6, 6.07) is 3.79. The van der Waals surface area contributed by atoms with Crippen molar-refractivity contribution < 1.29 is 38.3 Å². The molecular formula is C34H53BN6O8S. The number of benzene rings is 1. The summed E-state index contributed by atoms with van der Waals surface area (Å²) in [7, 11) is 1.41. The van der Waals surface area contributed by atoms with Crippen LogP contribution in [0.2, 0.25) is 0 Å². The number of ether oxygens (including phenoxy) is 1. The van der Waals surface area contributed by atoms with E-state index in [4.69, 9.17) is 10.5 Å². The van der Waals surface area contributed by atoms with Crippen molar-refractivity contribution in [2.75, 3.05) is 25.0 Å². The van der Waals surface area contributed by atoms with Gasteiger partial charge in [-0.3, -0.25) is 28.9 Å². The van der Waals surface area contributed by atoms with Crippen LogP contribution in [-0.4, -0.2) is 96.3 Å². The first-order valence-corrected chi connectivity index (χ1v) is 18.4. The summed E-state index contributed by atoms with van der Waals surface area (Å²) in [5.41, 5.74) is 5.45. The molecule has 1 aliphatic rings. The van der Waals surface area contributed by atoms with Gasteiger partial charge in [0.1, 0.15) is 30.1 Å². The molecule has 1 aromatic carbocycles. The van der Waals surface area contributed by atoms with Crippen molar-refractivity contribution in [2.45, 2.75) is 108 Å². The maximum Gasteiger partial charge on any atom is 0.312 e. The molecule has 2 unspecified atom stereocenters. The zero-order chi connectivity index (χ0) is 37.2. The lowest BCUT2D eigenvalue weighted by atomic mass is 10.0. The van der Waals surface area contributed by atoms with E-state index < -0.39 is 29.9 Å². The van der Waals surface area contributed by atoms with E-state index in [1.807, 2.05) is 0 Å². The number of anilines is 1. The predicted molar refractivity (Wildman–Crippen MR) is 195 cm³/mol. The van der Waals surface area contributed by atoms with Crippen molar-refractivity contribution in [3.8, 4) is 5.75 Å². The first-order chi connectivity index (χ1) is 23.7. The third-order valence-electron chi connectivity index (χ3n) is 8.19. The SMILES string of the molecule is BC(=O)COc1ccc(NC(=O)[C@H](CCCNC(N)=O)NC(=O)C(NC(=O)CCCCCN2C(=O)CC(SC(CC)CC)C2=O)C(C)C)cc1. The van der Waals surface area contributed by atoms with Crippen molar-refractivity contribution in [2.24, 2.45) is 11.7 Å². The maximum atomic E-state index is 13.4. The Labute approximate surface area is 299 Å². The lowest BCUT2D eigenvalue weighted by molar-refractivity contribution is -0.138. The van der Waals surface area contributed by atoms with Crippen LogP contribution in [-0.2, 0) is 28.8 Å². The minimum Gasteiger partial charge on any atom is -0.487 e. The Morgan fingerprint density at radius 1 is 0.980 bits per heavy atom. The van der Waals surface area contributed by atoms with Gasteiger partial charge in [-0.1, -0.05) is 34.1 Å². The fraction of sp³-hybridized carbons (Fsp3) is 0.618. The van der Waals surface area contributed by atoms with Gasteiger partial charge in [0.2, 0.25) is 29.5 Å². The molecule has 276 valence electrons. The second-order valence-corrected chi connectivity index (χ2v) is 14.3. The molecule has 0 aliphatic carbocycles. The Morgan fingerprint density at radius 2 is 1.66 bits per heavy atom. The Kier molecular flexibility index (Phi) is 18.4. The van der Waals surface area contributed by atoms with E-state index in [-0.39, 0.29) is 67.0 Å². The van der Waals surface area contributed by atoms with Gasteiger partial charge in [-0.15, -0.1) is 11.8 Å². The summed E-state index contributed by atoms with van der Waals surface area (Å²) < 4.78 is 5.35. The van der Waals surface area contributed by atoms with Crippen molar-refractivity contribution in [3.05, 3.63) is 24.3 Å². The molecule has 0 radical (unpaired) electrons. The average molecular weight is 717 g/mol. The molecule has 3 atom stereocenters. The number of unbranched alkanes of at least 4 members (excludes halogenated alkanes) is 2. The van der Waals surface area contributed by atoms with E-state index >= 15 is 0 Å². The smallest absolute Gasteiger partial charge is 0.312 e. The summed E-state index contributed by atoms with van der Waals surface area (Å²) in [5, 5.41) is 10.8. The van der Waals surface area contributed by atoms with Crippen molar-refractivity contribution in [3.63, 3.8) is 0 Å². The average Bonchev–Trinajstić information content (AvgIpc) is 3.33. The van der Waals surface area contributed by atoms with Crippen LogP contribution in [0.25, 0.3) is 0 Å². The predicted octanol–water partition coefficient (Wildman–Crippen LogP) is 1.85. The van der Waals surface area contributed by atoms with E-state index in [1.165, 1.54) is 12.7 Å². The molecule has 0 bridgehead atoms. The molecule has 1 aliphatic heterocycles. The molecule has 1 saturated heterocycles. The number of thioether (sulfide) groups is 1. The molecule has 16 heteroatoms. The van der Waals surface area contributed by atoms with Crippen molar-refractivity contribution in [1.82, 2.24) is 20.9 Å². The highest BCUT2D eigenvalue weighted by Gasteiger charge is 2.39. The number of hydrogen-bond donors (Lipinski definition) is 5. The molecule has 7 amide bonds. The van der Waals surface area contributed by atoms with E-state index in [1.54, 1.807) is 49.9 Å². The Bertz CT molecular complexity index is 1330. The number of imide groups is 1. The molecule has 1 fully saturated rings. The van der Waals surface area contributed by atoms with Crippen LogP contribution in [0.4, 0.5) is 10.5 Å². The lowest BCUT2D eigenvalue weighted by Gasteiger charge is -2.25. The fourth-order valence-corrected chi connectivity index (χ4v) is 6.65. The van der Waals surface area contributed by atoms with E-state index in [0.717, 1.165) is 12.8 Å². The van der Waals surface area contributed by atoms with Crippen molar-refractivity contribution >= 4 is 66.5 Å². The van der Waals surface area contributed by atoms with Gasteiger partial charge < -0.3 is 36.5 Å². The van der Waals surface area contributed by atoms with Gasteiger partial charge in [-0.25, -0.2) is 4.79 Å². The minimum atomic E-state index is -0.993. The number of urea groups is 1. The summed E-state index contributed by atoms with van der Waals surface area (Å²) in [6.45, 7) is 8.17. The standard InChI is InChI=1S/C34H53BN6O8S/c1-5-24(6-2)50-26-19-29(44)41(33(26)47)18-9-7-8-12-28(43)40-30(21(3)4)32(46)39-25(11-10-17-37-34(36)48)31(45)38-22-13-15-23(16-14-22)49-20-27(35)42/h13-16,21,24-26,30H,5-12,17-20,35H2,1-4H3,(H,38,45)(H,39,46)(H,40,43)(H3,36,37,48)/t25-,26?,30?/m0/s1. The molecular weight excluding hydrogens is 663 g/mol. The number of hydrogen-bond acceptors (Lipinski definition) is 9. The largest absolute Gasteiger partial charge is 0.487 e.